The lowest BCUT2D eigenvalue weighted by molar-refractivity contribution is 0.102. The Morgan fingerprint density at radius 3 is 2.94 bits per heavy atom. The molecule has 18 heavy (non-hydrogen) atoms. The van der Waals surface area contributed by atoms with E-state index in [4.69, 9.17) is 0 Å². The average molecular weight is 265 g/mol. The van der Waals surface area contributed by atoms with Gasteiger partial charge in [0.2, 0.25) is 0 Å². The van der Waals surface area contributed by atoms with Crippen LogP contribution >= 0.6 is 12.6 Å². The van der Waals surface area contributed by atoms with Crippen LogP contribution in [0.1, 0.15) is 17.3 Å². The molecular formula is C12H12FN3OS. The lowest BCUT2D eigenvalue weighted by Gasteiger charge is -2.04. The molecule has 0 spiro atoms. The molecular weight excluding hydrogens is 253 g/mol. The van der Waals surface area contributed by atoms with Crippen LogP contribution in [0.2, 0.25) is 0 Å². The number of carbonyl (C=O) groups is 1. The normalized spacial score (nSPS) is 10.4. The fraction of sp³-hybridized carbons (Fsp3) is 0.167. The van der Waals surface area contributed by atoms with Crippen LogP contribution < -0.4 is 5.32 Å². The van der Waals surface area contributed by atoms with Crippen molar-refractivity contribution >= 4 is 24.4 Å². The van der Waals surface area contributed by atoms with E-state index in [9.17, 15) is 9.18 Å². The minimum atomic E-state index is -0.583. The summed E-state index contributed by atoms with van der Waals surface area (Å²) >= 11 is 4.07. The highest BCUT2D eigenvalue weighted by atomic mass is 32.1. The van der Waals surface area contributed by atoms with Gasteiger partial charge < -0.3 is 5.32 Å². The minimum absolute atomic E-state index is 0.0476. The third kappa shape index (κ3) is 2.70. The molecule has 1 heterocycles. The first kappa shape index (κ1) is 12.6. The number of thiol groups is 1. The minimum Gasteiger partial charge on any atom is -0.305 e. The Labute approximate surface area is 109 Å². The zero-order valence-electron chi connectivity index (χ0n) is 9.72. The van der Waals surface area contributed by atoms with Crippen LogP contribution in [0.5, 0.6) is 0 Å². The standard InChI is InChI=1S/C12H12FN3OS/c1-2-16-6-5-11(15-16)14-12(17)9-7-8(18)3-4-10(9)13/h3-7,18H,2H2,1H3,(H,14,15,17). The molecule has 0 bridgehead atoms. The first-order chi connectivity index (χ1) is 8.60. The fourth-order valence-electron chi connectivity index (χ4n) is 1.48. The second-order valence-electron chi connectivity index (χ2n) is 3.67. The van der Waals surface area contributed by atoms with Gasteiger partial charge in [-0.05, 0) is 25.1 Å². The van der Waals surface area contributed by atoms with Crippen LogP contribution in [-0.2, 0) is 6.54 Å². The van der Waals surface area contributed by atoms with E-state index in [-0.39, 0.29) is 5.56 Å². The van der Waals surface area contributed by atoms with Gasteiger partial charge in [-0.3, -0.25) is 9.48 Å². The van der Waals surface area contributed by atoms with Crippen molar-refractivity contribution in [3.05, 3.63) is 41.8 Å². The second-order valence-corrected chi connectivity index (χ2v) is 4.19. The van der Waals surface area contributed by atoms with E-state index in [0.717, 1.165) is 0 Å². The maximum atomic E-state index is 13.5. The molecule has 0 fully saturated rings. The molecule has 1 amide bonds. The number of carbonyl (C=O) groups excluding carboxylic acids is 1. The van der Waals surface area contributed by atoms with Gasteiger partial charge in [0.1, 0.15) is 5.82 Å². The topological polar surface area (TPSA) is 46.9 Å². The molecule has 0 aliphatic rings. The van der Waals surface area contributed by atoms with E-state index < -0.39 is 11.7 Å². The summed E-state index contributed by atoms with van der Waals surface area (Å²) in [6.45, 7) is 2.64. The van der Waals surface area contributed by atoms with Crippen LogP contribution in [-0.4, -0.2) is 15.7 Å². The molecule has 0 radical (unpaired) electrons. The van der Waals surface area contributed by atoms with Crippen molar-refractivity contribution in [3.8, 4) is 0 Å². The number of halogens is 1. The quantitative estimate of drug-likeness (QED) is 0.838. The average Bonchev–Trinajstić information content (AvgIpc) is 2.80. The van der Waals surface area contributed by atoms with Crippen molar-refractivity contribution in [2.24, 2.45) is 0 Å². The molecule has 2 rings (SSSR count). The van der Waals surface area contributed by atoms with Crippen molar-refractivity contribution in [1.29, 1.82) is 0 Å². The molecule has 4 nitrogen and oxygen atoms in total. The molecule has 0 aliphatic carbocycles. The highest BCUT2D eigenvalue weighted by Crippen LogP contribution is 2.15. The highest BCUT2D eigenvalue weighted by molar-refractivity contribution is 7.80. The van der Waals surface area contributed by atoms with E-state index in [1.165, 1.54) is 18.2 Å². The number of nitrogens with zero attached hydrogens (tertiary/aromatic N) is 2. The maximum absolute atomic E-state index is 13.5. The summed E-state index contributed by atoms with van der Waals surface area (Å²) in [5.74, 6) is -0.726. The maximum Gasteiger partial charge on any atom is 0.259 e. The first-order valence-corrected chi connectivity index (χ1v) is 5.88. The third-order valence-electron chi connectivity index (χ3n) is 2.40. The van der Waals surface area contributed by atoms with Gasteiger partial charge in [0.25, 0.3) is 5.91 Å². The summed E-state index contributed by atoms with van der Waals surface area (Å²) in [6, 6.07) is 5.73. The summed E-state index contributed by atoms with van der Waals surface area (Å²) in [5.41, 5.74) is -0.0476. The van der Waals surface area contributed by atoms with Crippen molar-refractivity contribution in [3.63, 3.8) is 0 Å². The van der Waals surface area contributed by atoms with E-state index in [0.29, 0.717) is 17.3 Å². The predicted octanol–water partition coefficient (Wildman–Crippen LogP) is 2.58. The van der Waals surface area contributed by atoms with Crippen LogP contribution in [0.25, 0.3) is 0 Å². The van der Waals surface area contributed by atoms with Gasteiger partial charge >= 0.3 is 0 Å². The number of nitrogens with one attached hydrogen (secondary N) is 1. The predicted molar refractivity (Wildman–Crippen MR) is 69.5 cm³/mol. The number of anilines is 1. The summed E-state index contributed by atoms with van der Waals surface area (Å²) < 4.78 is 15.1. The van der Waals surface area contributed by atoms with Crippen molar-refractivity contribution in [2.75, 3.05) is 5.32 Å². The Hall–Kier alpha value is -1.82. The number of aryl methyl sites for hydroxylation is 1. The molecule has 6 heteroatoms. The molecule has 1 aromatic heterocycles. The molecule has 1 N–H and O–H groups in total. The molecule has 0 aliphatic heterocycles. The fourth-order valence-corrected chi connectivity index (χ4v) is 1.68. The Morgan fingerprint density at radius 2 is 2.28 bits per heavy atom. The molecule has 0 saturated carbocycles. The molecule has 2 aromatic rings. The summed E-state index contributed by atoms with van der Waals surface area (Å²) in [4.78, 5) is 12.4. The van der Waals surface area contributed by atoms with Crippen LogP contribution in [0, 0.1) is 5.82 Å². The van der Waals surface area contributed by atoms with E-state index in [2.05, 4.69) is 23.0 Å². The molecule has 0 unspecified atom stereocenters. The monoisotopic (exact) mass is 265 g/mol. The number of amides is 1. The van der Waals surface area contributed by atoms with Gasteiger partial charge in [-0.15, -0.1) is 12.6 Å². The number of rotatable bonds is 3. The molecule has 0 atom stereocenters. The van der Waals surface area contributed by atoms with Crippen molar-refractivity contribution < 1.29 is 9.18 Å². The lowest BCUT2D eigenvalue weighted by Crippen LogP contribution is -2.14. The van der Waals surface area contributed by atoms with Crippen molar-refractivity contribution in [1.82, 2.24) is 9.78 Å². The Balaban J connectivity index is 2.19. The van der Waals surface area contributed by atoms with Crippen molar-refractivity contribution in [2.45, 2.75) is 18.4 Å². The van der Waals surface area contributed by atoms with Crippen LogP contribution in [0.4, 0.5) is 10.2 Å². The van der Waals surface area contributed by atoms with Crippen LogP contribution in [0.3, 0.4) is 0 Å². The highest BCUT2D eigenvalue weighted by Gasteiger charge is 2.13. The summed E-state index contributed by atoms with van der Waals surface area (Å²) in [5, 5.41) is 6.63. The largest absolute Gasteiger partial charge is 0.305 e. The van der Waals surface area contributed by atoms with Crippen LogP contribution in [0.15, 0.2) is 35.4 Å². The van der Waals surface area contributed by atoms with Gasteiger partial charge in [0.15, 0.2) is 5.82 Å². The lowest BCUT2D eigenvalue weighted by atomic mass is 10.2. The third-order valence-corrected chi connectivity index (χ3v) is 2.68. The van der Waals surface area contributed by atoms with Gasteiger partial charge in [0.05, 0.1) is 5.56 Å². The summed E-state index contributed by atoms with van der Waals surface area (Å²) in [7, 11) is 0. The number of benzene rings is 1. The Morgan fingerprint density at radius 1 is 1.50 bits per heavy atom. The van der Waals surface area contributed by atoms with E-state index in [1.807, 2.05) is 6.92 Å². The van der Waals surface area contributed by atoms with E-state index in [1.54, 1.807) is 16.9 Å². The molecule has 1 aromatic carbocycles. The van der Waals surface area contributed by atoms with Gasteiger partial charge in [-0.25, -0.2) is 4.39 Å². The SMILES string of the molecule is CCn1ccc(NC(=O)c2cc(S)ccc2F)n1. The number of hydrogen-bond donors (Lipinski definition) is 2. The number of hydrogen-bond acceptors (Lipinski definition) is 3. The number of aromatic nitrogens is 2. The summed E-state index contributed by atoms with van der Waals surface area (Å²) in [6.07, 6.45) is 1.74. The Kier molecular flexibility index (Phi) is 3.66. The van der Waals surface area contributed by atoms with Gasteiger partial charge in [-0.2, -0.15) is 5.10 Å². The van der Waals surface area contributed by atoms with E-state index >= 15 is 0 Å². The van der Waals surface area contributed by atoms with Gasteiger partial charge in [0, 0.05) is 23.7 Å². The molecule has 0 saturated heterocycles. The zero-order valence-corrected chi connectivity index (χ0v) is 10.6. The first-order valence-electron chi connectivity index (χ1n) is 5.43. The van der Waals surface area contributed by atoms with Gasteiger partial charge in [-0.1, -0.05) is 0 Å². The zero-order chi connectivity index (χ0) is 13.1. The molecule has 94 valence electrons. The Bertz CT molecular complexity index is 582. The second kappa shape index (κ2) is 5.22. The smallest absolute Gasteiger partial charge is 0.259 e.